The molecule has 2 saturated heterocycles. The van der Waals surface area contributed by atoms with E-state index in [1.165, 1.54) is 12.0 Å². The third kappa shape index (κ3) is 6.88. The van der Waals surface area contributed by atoms with Crippen LogP contribution < -0.4 is 5.32 Å². The van der Waals surface area contributed by atoms with Crippen LogP contribution in [0.1, 0.15) is 32.8 Å². The van der Waals surface area contributed by atoms with Crippen LogP contribution in [0, 0.1) is 5.41 Å². The van der Waals surface area contributed by atoms with Crippen LogP contribution in [0.15, 0.2) is 35.3 Å². The molecule has 2 heterocycles. The zero-order valence-electron chi connectivity index (χ0n) is 17.7. The van der Waals surface area contributed by atoms with Crippen LogP contribution in [0.4, 0.5) is 0 Å². The van der Waals surface area contributed by atoms with Gasteiger partial charge in [0.05, 0.1) is 13.2 Å². The molecule has 0 amide bonds. The Morgan fingerprint density at radius 3 is 2.57 bits per heavy atom. The van der Waals surface area contributed by atoms with Gasteiger partial charge < -0.3 is 15.0 Å². The molecule has 0 bridgehead atoms. The second kappa shape index (κ2) is 11.4. The molecule has 2 fully saturated rings. The summed E-state index contributed by atoms with van der Waals surface area (Å²) in [5.41, 5.74) is 1.53. The van der Waals surface area contributed by atoms with Crippen LogP contribution in [0.25, 0.3) is 0 Å². The van der Waals surface area contributed by atoms with Gasteiger partial charge in [0.15, 0.2) is 5.96 Å². The number of aliphatic imine (C=N–C) groups is 1. The molecule has 0 aliphatic carbocycles. The van der Waals surface area contributed by atoms with Crippen LogP contribution in [0.5, 0.6) is 0 Å². The van der Waals surface area contributed by atoms with Crippen molar-refractivity contribution in [3.05, 3.63) is 35.9 Å². The van der Waals surface area contributed by atoms with Crippen LogP contribution in [-0.2, 0) is 11.2 Å². The van der Waals surface area contributed by atoms with Crippen molar-refractivity contribution in [1.29, 1.82) is 0 Å². The first-order valence-electron chi connectivity index (χ1n) is 10.5. The number of nitrogens with zero attached hydrogens (tertiary/aromatic N) is 3. The minimum absolute atomic E-state index is 0. The highest BCUT2D eigenvalue weighted by Crippen LogP contribution is 2.23. The van der Waals surface area contributed by atoms with Gasteiger partial charge in [0.25, 0.3) is 0 Å². The second-order valence-electron chi connectivity index (χ2n) is 8.53. The lowest BCUT2D eigenvalue weighted by Crippen LogP contribution is -2.46. The van der Waals surface area contributed by atoms with E-state index in [4.69, 9.17) is 9.73 Å². The summed E-state index contributed by atoms with van der Waals surface area (Å²) in [7, 11) is 0. The SMILES string of the molecule is CCNC(=NCC(C)(C)Cc1ccccc1)N1CCC(N2CCOCC2)C1.I. The monoisotopic (exact) mass is 500 g/mol. The van der Waals surface area contributed by atoms with Gasteiger partial charge in [-0.2, -0.15) is 0 Å². The molecular formula is C22H37IN4O. The number of guanidine groups is 1. The average Bonchev–Trinajstić information content (AvgIpc) is 3.16. The lowest BCUT2D eigenvalue weighted by Gasteiger charge is -2.32. The van der Waals surface area contributed by atoms with Crippen LogP contribution >= 0.6 is 24.0 Å². The topological polar surface area (TPSA) is 40.1 Å². The molecule has 3 rings (SSSR count). The lowest BCUT2D eigenvalue weighted by molar-refractivity contribution is 0.0195. The number of halogens is 1. The molecule has 0 aromatic heterocycles. The number of rotatable bonds is 6. The molecule has 0 saturated carbocycles. The van der Waals surface area contributed by atoms with Crippen molar-refractivity contribution >= 4 is 29.9 Å². The number of benzene rings is 1. The number of hydrogen-bond donors (Lipinski definition) is 1. The molecule has 28 heavy (non-hydrogen) atoms. The Morgan fingerprint density at radius 1 is 1.18 bits per heavy atom. The minimum atomic E-state index is 0. The fourth-order valence-electron chi connectivity index (χ4n) is 4.09. The maximum absolute atomic E-state index is 5.51. The Hall–Kier alpha value is -0.860. The van der Waals surface area contributed by atoms with Gasteiger partial charge in [-0.25, -0.2) is 0 Å². The summed E-state index contributed by atoms with van der Waals surface area (Å²) in [6.45, 7) is 14.6. The van der Waals surface area contributed by atoms with Crippen molar-refractivity contribution in [2.45, 2.75) is 39.7 Å². The number of morpholine rings is 1. The molecule has 1 unspecified atom stereocenters. The number of hydrogen-bond acceptors (Lipinski definition) is 3. The Bertz CT molecular complexity index is 602. The van der Waals surface area contributed by atoms with E-state index in [-0.39, 0.29) is 29.4 Å². The highest BCUT2D eigenvalue weighted by Gasteiger charge is 2.30. The molecule has 5 nitrogen and oxygen atoms in total. The largest absolute Gasteiger partial charge is 0.379 e. The van der Waals surface area contributed by atoms with Gasteiger partial charge in [0.2, 0.25) is 0 Å². The third-order valence-electron chi connectivity index (χ3n) is 5.54. The fourth-order valence-corrected chi connectivity index (χ4v) is 4.09. The van der Waals surface area contributed by atoms with E-state index in [9.17, 15) is 0 Å². The minimum Gasteiger partial charge on any atom is -0.379 e. The van der Waals surface area contributed by atoms with Gasteiger partial charge in [-0.3, -0.25) is 9.89 Å². The fraction of sp³-hybridized carbons (Fsp3) is 0.682. The Kier molecular flexibility index (Phi) is 9.50. The van der Waals surface area contributed by atoms with E-state index in [0.29, 0.717) is 6.04 Å². The maximum Gasteiger partial charge on any atom is 0.193 e. The van der Waals surface area contributed by atoms with E-state index < -0.39 is 0 Å². The van der Waals surface area contributed by atoms with E-state index in [1.807, 2.05) is 0 Å². The summed E-state index contributed by atoms with van der Waals surface area (Å²) in [5, 5.41) is 3.52. The molecule has 6 heteroatoms. The highest BCUT2D eigenvalue weighted by molar-refractivity contribution is 14.0. The molecule has 158 valence electrons. The predicted molar refractivity (Wildman–Crippen MR) is 128 cm³/mol. The van der Waals surface area contributed by atoms with Gasteiger partial charge >= 0.3 is 0 Å². The smallest absolute Gasteiger partial charge is 0.193 e. The van der Waals surface area contributed by atoms with Gasteiger partial charge in [-0.1, -0.05) is 44.2 Å². The van der Waals surface area contributed by atoms with Crippen LogP contribution in [0.2, 0.25) is 0 Å². The normalized spacial score (nSPS) is 21.5. The third-order valence-corrected chi connectivity index (χ3v) is 5.54. The first kappa shape index (κ1) is 23.4. The van der Waals surface area contributed by atoms with Gasteiger partial charge in [0.1, 0.15) is 0 Å². The molecule has 1 aromatic rings. The van der Waals surface area contributed by atoms with Crippen molar-refractivity contribution in [3.63, 3.8) is 0 Å². The molecular weight excluding hydrogens is 463 g/mol. The van der Waals surface area contributed by atoms with Crippen molar-refractivity contribution in [1.82, 2.24) is 15.1 Å². The first-order chi connectivity index (χ1) is 13.1. The quantitative estimate of drug-likeness (QED) is 0.370. The van der Waals surface area contributed by atoms with Gasteiger partial charge in [0, 0.05) is 45.3 Å². The number of likely N-dealkylation sites (tertiary alicyclic amines) is 1. The highest BCUT2D eigenvalue weighted by atomic mass is 127. The van der Waals surface area contributed by atoms with Crippen molar-refractivity contribution < 1.29 is 4.74 Å². The Morgan fingerprint density at radius 2 is 1.89 bits per heavy atom. The van der Waals surface area contributed by atoms with Gasteiger partial charge in [-0.05, 0) is 30.7 Å². The van der Waals surface area contributed by atoms with E-state index in [0.717, 1.165) is 64.9 Å². The van der Waals surface area contributed by atoms with E-state index >= 15 is 0 Å². The molecule has 1 N–H and O–H groups in total. The summed E-state index contributed by atoms with van der Waals surface area (Å²) < 4.78 is 5.51. The van der Waals surface area contributed by atoms with Crippen LogP contribution in [-0.4, -0.2) is 74.3 Å². The molecule has 1 atom stereocenters. The van der Waals surface area contributed by atoms with Crippen molar-refractivity contribution in [2.75, 3.05) is 52.5 Å². The molecule has 0 spiro atoms. The molecule has 0 radical (unpaired) electrons. The number of ether oxygens (including phenoxy) is 1. The summed E-state index contributed by atoms with van der Waals surface area (Å²) in [5.74, 6) is 1.08. The summed E-state index contributed by atoms with van der Waals surface area (Å²) in [4.78, 5) is 10.1. The zero-order chi connectivity index (χ0) is 19.1. The zero-order valence-corrected chi connectivity index (χ0v) is 20.0. The average molecular weight is 500 g/mol. The molecule has 1 aromatic carbocycles. The predicted octanol–water partition coefficient (Wildman–Crippen LogP) is 3.25. The van der Waals surface area contributed by atoms with E-state index in [1.54, 1.807) is 0 Å². The molecule has 2 aliphatic heterocycles. The molecule has 2 aliphatic rings. The van der Waals surface area contributed by atoms with E-state index in [2.05, 4.69) is 66.2 Å². The second-order valence-corrected chi connectivity index (χ2v) is 8.53. The summed E-state index contributed by atoms with van der Waals surface area (Å²) >= 11 is 0. The van der Waals surface area contributed by atoms with Crippen LogP contribution in [0.3, 0.4) is 0 Å². The summed E-state index contributed by atoms with van der Waals surface area (Å²) in [6.07, 6.45) is 2.27. The van der Waals surface area contributed by atoms with Gasteiger partial charge in [-0.15, -0.1) is 24.0 Å². The summed E-state index contributed by atoms with van der Waals surface area (Å²) in [6, 6.07) is 11.4. The Balaban J connectivity index is 0.00000280. The van der Waals surface area contributed by atoms with Crippen molar-refractivity contribution in [2.24, 2.45) is 10.4 Å². The Labute approximate surface area is 187 Å². The first-order valence-corrected chi connectivity index (χ1v) is 10.5. The van der Waals surface area contributed by atoms with Crippen molar-refractivity contribution in [3.8, 4) is 0 Å². The standard InChI is InChI=1S/C22H36N4O.HI/c1-4-23-21(24-18-22(2,3)16-19-8-6-5-7-9-19)26-11-10-20(17-26)25-12-14-27-15-13-25;/h5-9,20H,4,10-18H2,1-3H3,(H,23,24);1H. The number of nitrogens with one attached hydrogen (secondary N) is 1. The lowest BCUT2D eigenvalue weighted by atomic mass is 9.86. The maximum atomic E-state index is 5.51.